The molecule has 2 aromatic rings. The molecule has 1 amide bonds. The van der Waals surface area contributed by atoms with Gasteiger partial charge in [-0.1, -0.05) is 12.1 Å². The zero-order valence-electron chi connectivity index (χ0n) is 14.1. The summed E-state index contributed by atoms with van der Waals surface area (Å²) < 4.78 is 28.5. The zero-order chi connectivity index (χ0) is 18.4. The largest absolute Gasteiger partial charge is 0.496 e. The van der Waals surface area contributed by atoms with Crippen LogP contribution in [0.15, 0.2) is 36.4 Å². The number of benzene rings is 2. The van der Waals surface area contributed by atoms with Gasteiger partial charge in [-0.05, 0) is 36.8 Å². The van der Waals surface area contributed by atoms with Crippen molar-refractivity contribution in [2.45, 2.75) is 6.92 Å². The first-order valence-electron chi connectivity index (χ1n) is 7.40. The number of nitrogens with one attached hydrogen (secondary N) is 1. The Morgan fingerprint density at radius 1 is 1.08 bits per heavy atom. The number of carbonyl (C=O) groups excluding carboxylic acids is 2. The fourth-order valence-electron chi connectivity index (χ4n) is 2.17. The molecule has 0 saturated carbocycles. The Balaban J connectivity index is 2.05. The number of esters is 1. The molecular formula is C18H18FNO5. The van der Waals surface area contributed by atoms with Crippen molar-refractivity contribution in [1.29, 1.82) is 0 Å². The Labute approximate surface area is 144 Å². The average Bonchev–Trinajstić information content (AvgIpc) is 2.61. The smallest absolute Gasteiger partial charge is 0.346 e. The van der Waals surface area contributed by atoms with Crippen LogP contribution in [0.2, 0.25) is 0 Å². The van der Waals surface area contributed by atoms with Crippen molar-refractivity contribution < 1.29 is 28.2 Å². The molecule has 7 heteroatoms. The van der Waals surface area contributed by atoms with E-state index in [1.54, 1.807) is 25.1 Å². The summed E-state index contributed by atoms with van der Waals surface area (Å²) in [7, 11) is 2.82. The molecule has 6 nitrogen and oxygen atoms in total. The molecule has 0 aliphatic carbocycles. The van der Waals surface area contributed by atoms with E-state index in [0.29, 0.717) is 11.3 Å². The van der Waals surface area contributed by atoms with Crippen molar-refractivity contribution in [3.63, 3.8) is 0 Å². The molecule has 0 spiro atoms. The van der Waals surface area contributed by atoms with Gasteiger partial charge in [-0.3, -0.25) is 4.79 Å². The number of halogens is 1. The molecule has 0 aliphatic heterocycles. The fourth-order valence-corrected chi connectivity index (χ4v) is 2.17. The first-order valence-corrected chi connectivity index (χ1v) is 7.40. The van der Waals surface area contributed by atoms with E-state index in [9.17, 15) is 14.0 Å². The van der Waals surface area contributed by atoms with Crippen LogP contribution in [-0.2, 0) is 9.53 Å². The summed E-state index contributed by atoms with van der Waals surface area (Å²) in [5.41, 5.74) is 1.09. The molecule has 0 bridgehead atoms. The second-order valence-corrected chi connectivity index (χ2v) is 5.12. The first-order chi connectivity index (χ1) is 12.0. The Bertz CT molecular complexity index is 769. The summed E-state index contributed by atoms with van der Waals surface area (Å²) >= 11 is 0. The lowest BCUT2D eigenvalue weighted by Gasteiger charge is -2.13. The number of aryl methyl sites for hydroxylation is 1. The topological polar surface area (TPSA) is 73.9 Å². The van der Waals surface area contributed by atoms with Crippen LogP contribution in [0, 0.1) is 12.7 Å². The van der Waals surface area contributed by atoms with Crippen LogP contribution in [0.3, 0.4) is 0 Å². The number of hydrogen-bond acceptors (Lipinski definition) is 5. The molecule has 0 aliphatic rings. The third kappa shape index (κ3) is 4.47. The van der Waals surface area contributed by atoms with E-state index in [1.807, 2.05) is 0 Å². The van der Waals surface area contributed by atoms with E-state index in [0.717, 1.165) is 0 Å². The van der Waals surface area contributed by atoms with Crippen LogP contribution in [0.1, 0.15) is 15.9 Å². The SMILES string of the molecule is COc1cccc(OC)c1C(=O)OCC(=O)Nc1cc(F)ccc1C. The van der Waals surface area contributed by atoms with Gasteiger partial charge >= 0.3 is 5.97 Å². The van der Waals surface area contributed by atoms with Crippen LogP contribution >= 0.6 is 0 Å². The maximum absolute atomic E-state index is 13.2. The van der Waals surface area contributed by atoms with Crippen molar-refractivity contribution in [2.24, 2.45) is 0 Å². The second kappa shape index (κ2) is 8.14. The lowest BCUT2D eigenvalue weighted by atomic mass is 10.2. The van der Waals surface area contributed by atoms with E-state index < -0.39 is 24.3 Å². The molecule has 0 fully saturated rings. The molecular weight excluding hydrogens is 329 g/mol. The number of carbonyl (C=O) groups is 2. The number of hydrogen-bond donors (Lipinski definition) is 1. The van der Waals surface area contributed by atoms with E-state index in [-0.39, 0.29) is 17.1 Å². The average molecular weight is 347 g/mol. The van der Waals surface area contributed by atoms with Gasteiger partial charge in [0.15, 0.2) is 6.61 Å². The summed E-state index contributed by atoms with van der Waals surface area (Å²) in [6, 6.07) is 8.84. The Morgan fingerprint density at radius 3 is 2.32 bits per heavy atom. The fraction of sp³-hybridized carbons (Fsp3) is 0.222. The standard InChI is InChI=1S/C18H18FNO5/c1-11-7-8-12(19)9-13(11)20-16(21)10-25-18(22)17-14(23-2)5-4-6-15(17)24-3/h4-9H,10H2,1-3H3,(H,20,21). The third-order valence-corrected chi connectivity index (χ3v) is 3.44. The number of methoxy groups -OCH3 is 2. The van der Waals surface area contributed by atoms with Crippen LogP contribution < -0.4 is 14.8 Å². The van der Waals surface area contributed by atoms with Gasteiger partial charge in [-0.15, -0.1) is 0 Å². The van der Waals surface area contributed by atoms with E-state index in [2.05, 4.69) is 5.32 Å². The predicted molar refractivity (Wildman–Crippen MR) is 89.6 cm³/mol. The minimum atomic E-state index is -0.764. The molecule has 2 rings (SSSR count). The lowest BCUT2D eigenvalue weighted by Crippen LogP contribution is -2.22. The van der Waals surface area contributed by atoms with Crippen LogP contribution in [-0.4, -0.2) is 32.7 Å². The number of amides is 1. The van der Waals surface area contributed by atoms with Gasteiger partial charge in [0.25, 0.3) is 5.91 Å². The molecule has 0 atom stereocenters. The highest BCUT2D eigenvalue weighted by molar-refractivity contribution is 5.98. The van der Waals surface area contributed by atoms with Crippen molar-refractivity contribution in [2.75, 3.05) is 26.1 Å². The summed E-state index contributed by atoms with van der Waals surface area (Å²) in [6.45, 7) is 1.19. The van der Waals surface area contributed by atoms with Crippen molar-refractivity contribution in [1.82, 2.24) is 0 Å². The normalized spacial score (nSPS) is 10.1. The van der Waals surface area contributed by atoms with Gasteiger partial charge in [-0.25, -0.2) is 9.18 Å². The Kier molecular flexibility index (Phi) is 5.94. The lowest BCUT2D eigenvalue weighted by molar-refractivity contribution is -0.119. The number of ether oxygens (including phenoxy) is 3. The highest BCUT2D eigenvalue weighted by Crippen LogP contribution is 2.28. The molecule has 132 valence electrons. The van der Waals surface area contributed by atoms with Crippen LogP contribution in [0.5, 0.6) is 11.5 Å². The first kappa shape index (κ1) is 18.3. The van der Waals surface area contributed by atoms with Gasteiger partial charge in [0, 0.05) is 5.69 Å². The quantitative estimate of drug-likeness (QED) is 0.813. The van der Waals surface area contributed by atoms with Crippen molar-refractivity contribution in [3.05, 3.63) is 53.3 Å². The molecule has 25 heavy (non-hydrogen) atoms. The predicted octanol–water partition coefficient (Wildman–Crippen LogP) is 2.95. The zero-order valence-corrected chi connectivity index (χ0v) is 14.1. The monoisotopic (exact) mass is 347 g/mol. The molecule has 0 radical (unpaired) electrons. The van der Waals surface area contributed by atoms with Gasteiger partial charge < -0.3 is 19.5 Å². The molecule has 1 N–H and O–H groups in total. The highest BCUT2D eigenvalue weighted by atomic mass is 19.1. The van der Waals surface area contributed by atoms with Gasteiger partial charge in [-0.2, -0.15) is 0 Å². The Hall–Kier alpha value is -3.09. The Morgan fingerprint density at radius 2 is 1.72 bits per heavy atom. The minimum absolute atomic E-state index is 0.0854. The van der Waals surface area contributed by atoms with Gasteiger partial charge in [0.2, 0.25) is 0 Å². The molecule has 0 heterocycles. The van der Waals surface area contributed by atoms with Crippen LogP contribution in [0.4, 0.5) is 10.1 Å². The maximum atomic E-state index is 13.2. The minimum Gasteiger partial charge on any atom is -0.496 e. The summed E-state index contributed by atoms with van der Waals surface area (Å²) in [4.78, 5) is 24.2. The van der Waals surface area contributed by atoms with E-state index in [1.165, 1.54) is 32.4 Å². The summed E-state index contributed by atoms with van der Waals surface area (Å²) in [6.07, 6.45) is 0. The number of rotatable bonds is 6. The van der Waals surface area contributed by atoms with E-state index >= 15 is 0 Å². The molecule has 0 saturated heterocycles. The molecule has 0 unspecified atom stereocenters. The molecule has 0 aromatic heterocycles. The highest BCUT2D eigenvalue weighted by Gasteiger charge is 2.20. The third-order valence-electron chi connectivity index (χ3n) is 3.44. The van der Waals surface area contributed by atoms with Gasteiger partial charge in [0.1, 0.15) is 22.9 Å². The summed E-state index contributed by atoms with van der Waals surface area (Å²) in [5, 5.41) is 2.50. The van der Waals surface area contributed by atoms with Crippen LogP contribution in [0.25, 0.3) is 0 Å². The number of anilines is 1. The van der Waals surface area contributed by atoms with Crippen molar-refractivity contribution in [3.8, 4) is 11.5 Å². The second-order valence-electron chi connectivity index (χ2n) is 5.12. The molecule has 2 aromatic carbocycles. The van der Waals surface area contributed by atoms with Gasteiger partial charge in [0.05, 0.1) is 14.2 Å². The summed E-state index contributed by atoms with van der Waals surface area (Å²) in [5.74, 6) is -1.29. The van der Waals surface area contributed by atoms with Crippen molar-refractivity contribution >= 4 is 17.6 Å². The maximum Gasteiger partial charge on any atom is 0.346 e. The van der Waals surface area contributed by atoms with E-state index in [4.69, 9.17) is 14.2 Å².